The van der Waals surface area contributed by atoms with Crippen molar-refractivity contribution in [2.45, 2.75) is 51.0 Å². The number of para-hydroxylation sites is 1. The van der Waals surface area contributed by atoms with E-state index < -0.39 is 10.0 Å². The molecular formula is C31H33ClN2O2S. The van der Waals surface area contributed by atoms with Gasteiger partial charge in [-0.2, -0.15) is 4.31 Å². The Labute approximate surface area is 225 Å². The van der Waals surface area contributed by atoms with Crippen LogP contribution >= 0.6 is 11.6 Å². The Hall–Kier alpha value is -2.86. The lowest BCUT2D eigenvalue weighted by Crippen LogP contribution is -2.34. The van der Waals surface area contributed by atoms with E-state index in [1.54, 1.807) is 16.4 Å². The Morgan fingerprint density at radius 3 is 2.22 bits per heavy atom. The van der Waals surface area contributed by atoms with Crippen LogP contribution in [0.5, 0.6) is 0 Å². The van der Waals surface area contributed by atoms with Crippen LogP contribution in [-0.4, -0.2) is 30.4 Å². The summed E-state index contributed by atoms with van der Waals surface area (Å²) in [4.78, 5) is 0.355. The van der Waals surface area contributed by atoms with Crippen molar-refractivity contribution in [1.29, 1.82) is 0 Å². The van der Waals surface area contributed by atoms with Crippen molar-refractivity contribution >= 4 is 38.1 Å². The molecule has 1 aliphatic heterocycles. The van der Waals surface area contributed by atoms with Gasteiger partial charge in [0.05, 0.1) is 4.90 Å². The predicted octanol–water partition coefficient (Wildman–Crippen LogP) is 7.43. The molecule has 0 N–H and O–H groups in total. The van der Waals surface area contributed by atoms with Gasteiger partial charge in [-0.3, -0.25) is 0 Å². The van der Waals surface area contributed by atoms with Gasteiger partial charge < -0.3 is 4.57 Å². The zero-order chi connectivity index (χ0) is 26.4. The molecule has 0 bridgehead atoms. The van der Waals surface area contributed by atoms with E-state index >= 15 is 0 Å². The first-order valence-corrected chi connectivity index (χ1v) is 14.5. The molecule has 6 heteroatoms. The average molecular weight is 533 g/mol. The number of fused-ring (bicyclic) bond motifs is 1. The van der Waals surface area contributed by atoms with Crippen LogP contribution in [0, 0.1) is 6.92 Å². The number of benzene rings is 3. The smallest absolute Gasteiger partial charge is 0.243 e. The van der Waals surface area contributed by atoms with Gasteiger partial charge in [0.2, 0.25) is 10.0 Å². The normalized spacial score (nSPS) is 15.2. The molecule has 0 aliphatic carbocycles. The first-order chi connectivity index (χ1) is 17.6. The van der Waals surface area contributed by atoms with E-state index in [2.05, 4.69) is 74.7 Å². The number of sulfonamides is 1. The second-order valence-electron chi connectivity index (χ2n) is 10.8. The van der Waals surface area contributed by atoms with E-state index in [1.807, 2.05) is 24.3 Å². The Morgan fingerprint density at radius 2 is 1.59 bits per heavy atom. The van der Waals surface area contributed by atoms with Crippen LogP contribution in [0.1, 0.15) is 49.6 Å². The summed E-state index contributed by atoms with van der Waals surface area (Å²) in [6, 6.07) is 23.8. The highest BCUT2D eigenvalue weighted by molar-refractivity contribution is 7.89. The summed E-state index contributed by atoms with van der Waals surface area (Å²) in [5.74, 6) is 0. The fraction of sp³-hybridized carbons (Fsp3) is 0.290. The molecule has 0 saturated carbocycles. The third-order valence-electron chi connectivity index (χ3n) is 7.34. The van der Waals surface area contributed by atoms with Gasteiger partial charge in [0.25, 0.3) is 0 Å². The number of hydrogen-bond acceptors (Lipinski definition) is 2. The van der Waals surface area contributed by atoms with Gasteiger partial charge in [-0.15, -0.1) is 0 Å². The summed E-state index contributed by atoms with van der Waals surface area (Å²) in [5, 5.41) is 1.94. The van der Waals surface area contributed by atoms with E-state index in [9.17, 15) is 8.42 Å². The fourth-order valence-electron chi connectivity index (χ4n) is 5.18. The van der Waals surface area contributed by atoms with Gasteiger partial charge >= 0.3 is 0 Å². The number of nitrogens with zero attached hydrogens (tertiary/aromatic N) is 2. The molecule has 0 atom stereocenters. The monoisotopic (exact) mass is 532 g/mol. The van der Waals surface area contributed by atoms with Crippen LogP contribution in [0.3, 0.4) is 0 Å². The summed E-state index contributed by atoms with van der Waals surface area (Å²) < 4.78 is 30.7. The quantitative estimate of drug-likeness (QED) is 0.268. The van der Waals surface area contributed by atoms with Gasteiger partial charge in [0, 0.05) is 46.8 Å². The van der Waals surface area contributed by atoms with Gasteiger partial charge in [-0.25, -0.2) is 8.42 Å². The van der Waals surface area contributed by atoms with Crippen molar-refractivity contribution in [3.63, 3.8) is 0 Å². The summed E-state index contributed by atoms with van der Waals surface area (Å²) >= 11 is 6.09. The minimum absolute atomic E-state index is 0.0182. The molecular weight excluding hydrogens is 500 g/mol. The van der Waals surface area contributed by atoms with Gasteiger partial charge in [0.1, 0.15) is 0 Å². The molecule has 4 aromatic rings. The Balaban J connectivity index is 1.44. The molecule has 3 aromatic carbocycles. The molecule has 0 amide bonds. The third-order valence-corrected chi connectivity index (χ3v) is 9.47. The Morgan fingerprint density at radius 1 is 0.919 bits per heavy atom. The van der Waals surface area contributed by atoms with Crippen molar-refractivity contribution in [1.82, 2.24) is 8.87 Å². The molecule has 37 heavy (non-hydrogen) atoms. The first-order valence-electron chi connectivity index (χ1n) is 12.7. The largest absolute Gasteiger partial charge is 0.340 e. The average Bonchev–Trinajstić information content (AvgIpc) is 3.16. The van der Waals surface area contributed by atoms with Crippen LogP contribution in [-0.2, 0) is 22.0 Å². The summed E-state index contributed by atoms with van der Waals surface area (Å²) in [6.07, 6.45) is 2.76. The molecule has 0 radical (unpaired) electrons. The highest BCUT2D eigenvalue weighted by atomic mass is 35.5. The van der Waals surface area contributed by atoms with E-state index in [-0.39, 0.29) is 5.41 Å². The van der Waals surface area contributed by atoms with E-state index in [0.717, 1.165) is 17.1 Å². The molecule has 0 fully saturated rings. The first kappa shape index (κ1) is 25.8. The topological polar surface area (TPSA) is 42.3 Å². The van der Waals surface area contributed by atoms with Gasteiger partial charge in [0.15, 0.2) is 0 Å². The van der Waals surface area contributed by atoms with Crippen LogP contribution in [0.2, 0.25) is 5.02 Å². The van der Waals surface area contributed by atoms with Crippen LogP contribution < -0.4 is 0 Å². The highest BCUT2D eigenvalue weighted by Gasteiger charge is 2.28. The third kappa shape index (κ3) is 5.00. The maximum Gasteiger partial charge on any atom is 0.243 e. The number of aromatic nitrogens is 1. The molecule has 0 unspecified atom stereocenters. The standard InChI is InChI=1S/C31H33ClN2O2S/c1-22-30(28-7-5-6-8-29(28)34(22)21-23-9-13-26(32)14-10-23)24-17-19-33(20-18-24)37(35,36)27-15-11-25(12-16-27)31(2,3)4/h5-17H,18-21H2,1-4H3. The van der Waals surface area contributed by atoms with Crippen molar-refractivity contribution in [3.05, 3.63) is 106 Å². The molecule has 0 spiro atoms. The second kappa shape index (κ2) is 9.79. The number of halogens is 1. The zero-order valence-electron chi connectivity index (χ0n) is 21.8. The lowest BCUT2D eigenvalue weighted by molar-refractivity contribution is 0.441. The Kier molecular flexibility index (Phi) is 6.82. The second-order valence-corrected chi connectivity index (χ2v) is 13.2. The van der Waals surface area contributed by atoms with Crippen LogP contribution in [0.4, 0.5) is 0 Å². The van der Waals surface area contributed by atoms with Gasteiger partial charge in [-0.1, -0.05) is 80.9 Å². The molecule has 1 aliphatic rings. The predicted molar refractivity (Wildman–Crippen MR) is 154 cm³/mol. The van der Waals surface area contributed by atoms with Crippen molar-refractivity contribution < 1.29 is 8.42 Å². The maximum atomic E-state index is 13.4. The van der Waals surface area contributed by atoms with E-state index in [1.165, 1.54) is 33.3 Å². The summed E-state index contributed by atoms with van der Waals surface area (Å²) in [6.45, 7) is 10.1. The lowest BCUT2D eigenvalue weighted by Gasteiger charge is -2.27. The van der Waals surface area contributed by atoms with E-state index in [0.29, 0.717) is 24.4 Å². The number of rotatable bonds is 5. The lowest BCUT2D eigenvalue weighted by atomic mass is 9.87. The molecule has 0 saturated heterocycles. The van der Waals surface area contributed by atoms with Crippen LogP contribution in [0.25, 0.3) is 16.5 Å². The highest BCUT2D eigenvalue weighted by Crippen LogP contribution is 2.36. The molecule has 1 aromatic heterocycles. The van der Waals surface area contributed by atoms with Crippen LogP contribution in [0.15, 0.2) is 83.8 Å². The summed E-state index contributed by atoms with van der Waals surface area (Å²) in [5.41, 5.74) is 7.09. The molecule has 5 rings (SSSR count). The Bertz CT molecular complexity index is 1580. The van der Waals surface area contributed by atoms with Crippen molar-refractivity contribution in [2.75, 3.05) is 13.1 Å². The minimum Gasteiger partial charge on any atom is -0.340 e. The fourth-order valence-corrected chi connectivity index (χ4v) is 6.69. The SMILES string of the molecule is Cc1c(C2=CCN(S(=O)(=O)c3ccc(C(C)(C)C)cc3)CC2)c2ccccc2n1Cc1ccc(Cl)cc1. The van der Waals surface area contributed by atoms with Gasteiger partial charge in [-0.05, 0) is 65.8 Å². The summed E-state index contributed by atoms with van der Waals surface area (Å²) in [7, 11) is -3.55. The maximum absolute atomic E-state index is 13.4. The minimum atomic E-state index is -3.55. The molecule has 4 nitrogen and oxygen atoms in total. The molecule has 192 valence electrons. The van der Waals surface area contributed by atoms with Crippen molar-refractivity contribution in [2.24, 2.45) is 0 Å². The number of hydrogen-bond donors (Lipinski definition) is 0. The van der Waals surface area contributed by atoms with E-state index in [4.69, 9.17) is 11.6 Å². The molecule has 2 heterocycles. The zero-order valence-corrected chi connectivity index (χ0v) is 23.4. The van der Waals surface area contributed by atoms with Crippen molar-refractivity contribution in [3.8, 4) is 0 Å².